The van der Waals surface area contributed by atoms with E-state index in [1.807, 2.05) is 11.8 Å². The van der Waals surface area contributed by atoms with Crippen molar-refractivity contribution in [1.82, 2.24) is 24.8 Å². The van der Waals surface area contributed by atoms with Crippen LogP contribution in [0.1, 0.15) is 70.8 Å². The molecule has 2 aliphatic rings. The average Bonchev–Trinajstić information content (AvgIpc) is 3.46. The lowest BCUT2D eigenvalue weighted by Gasteiger charge is -2.31. The monoisotopic (exact) mass is 375 g/mol. The molecule has 2 fully saturated rings. The first kappa shape index (κ1) is 17.3. The van der Waals surface area contributed by atoms with Crippen LogP contribution in [-0.2, 0) is 0 Å². The zero-order valence-corrected chi connectivity index (χ0v) is 16.4. The summed E-state index contributed by atoms with van der Waals surface area (Å²) >= 11 is 0. The standard InChI is InChI=1S/C22H25N5O/c1-13-4-3-5-18-19(13)26-21(25-18)16-8-10-27(11-9-16)22(28)17-12-23-20(15-6-7-15)24-14(17)2/h3-5,12,15-16H,6-11H2,1-2H3,(H,25,26). The molecule has 1 N–H and O–H groups in total. The quantitative estimate of drug-likeness (QED) is 0.754. The van der Waals surface area contributed by atoms with Gasteiger partial charge in [-0.15, -0.1) is 0 Å². The number of benzene rings is 1. The normalized spacial score (nSPS) is 18.0. The Morgan fingerprint density at radius 3 is 2.54 bits per heavy atom. The van der Waals surface area contributed by atoms with Gasteiger partial charge in [0, 0.05) is 31.1 Å². The largest absolute Gasteiger partial charge is 0.342 e. The molecule has 6 nitrogen and oxygen atoms in total. The van der Waals surface area contributed by atoms with Crippen molar-refractivity contribution in [2.45, 2.75) is 51.4 Å². The van der Waals surface area contributed by atoms with Crippen molar-refractivity contribution >= 4 is 16.9 Å². The molecular weight excluding hydrogens is 350 g/mol. The maximum atomic E-state index is 13.0. The van der Waals surface area contributed by atoms with Gasteiger partial charge < -0.3 is 9.88 Å². The molecule has 1 aromatic carbocycles. The summed E-state index contributed by atoms with van der Waals surface area (Å²) in [6.07, 6.45) is 5.91. The number of hydrogen-bond donors (Lipinski definition) is 1. The molecule has 1 aliphatic carbocycles. The number of aromatic nitrogens is 4. The van der Waals surface area contributed by atoms with Gasteiger partial charge in [-0.3, -0.25) is 4.79 Å². The Bertz CT molecular complexity index is 1040. The van der Waals surface area contributed by atoms with Crippen molar-refractivity contribution in [3.8, 4) is 0 Å². The molecule has 1 saturated heterocycles. The number of nitrogens with zero attached hydrogens (tertiary/aromatic N) is 4. The first-order valence-electron chi connectivity index (χ1n) is 10.2. The van der Waals surface area contributed by atoms with Crippen LogP contribution >= 0.6 is 0 Å². The molecule has 6 heteroatoms. The van der Waals surface area contributed by atoms with Crippen molar-refractivity contribution < 1.29 is 4.79 Å². The van der Waals surface area contributed by atoms with Crippen molar-refractivity contribution in [2.75, 3.05) is 13.1 Å². The summed E-state index contributed by atoms with van der Waals surface area (Å²) < 4.78 is 0. The maximum absolute atomic E-state index is 13.0. The fourth-order valence-corrected chi connectivity index (χ4v) is 4.15. The molecule has 1 saturated carbocycles. The Kier molecular flexibility index (Phi) is 4.14. The summed E-state index contributed by atoms with van der Waals surface area (Å²) in [7, 11) is 0. The zero-order valence-electron chi connectivity index (χ0n) is 16.4. The van der Waals surface area contributed by atoms with Gasteiger partial charge in [0.15, 0.2) is 0 Å². The zero-order chi connectivity index (χ0) is 19.3. The second kappa shape index (κ2) is 6.69. The van der Waals surface area contributed by atoms with Crippen LogP contribution in [0.4, 0.5) is 0 Å². The molecule has 1 amide bonds. The molecule has 0 unspecified atom stereocenters. The molecule has 3 aromatic rings. The second-order valence-electron chi connectivity index (χ2n) is 8.16. The molecule has 0 atom stereocenters. The van der Waals surface area contributed by atoms with Crippen molar-refractivity contribution in [2.24, 2.45) is 0 Å². The molecule has 1 aliphatic heterocycles. The number of rotatable bonds is 3. The van der Waals surface area contributed by atoms with Gasteiger partial charge in [-0.1, -0.05) is 12.1 Å². The number of likely N-dealkylation sites (tertiary alicyclic amines) is 1. The number of imidazole rings is 1. The number of para-hydroxylation sites is 1. The number of aromatic amines is 1. The van der Waals surface area contributed by atoms with Crippen LogP contribution in [0.3, 0.4) is 0 Å². The topological polar surface area (TPSA) is 74.8 Å². The van der Waals surface area contributed by atoms with Crippen molar-refractivity contribution in [3.05, 3.63) is 52.9 Å². The van der Waals surface area contributed by atoms with Crippen LogP contribution in [0, 0.1) is 13.8 Å². The molecule has 0 radical (unpaired) electrons. The number of carbonyl (C=O) groups is 1. The Morgan fingerprint density at radius 1 is 1.07 bits per heavy atom. The molecule has 3 heterocycles. The highest BCUT2D eigenvalue weighted by Gasteiger charge is 2.30. The van der Waals surface area contributed by atoms with Gasteiger partial charge in [0.25, 0.3) is 5.91 Å². The van der Waals surface area contributed by atoms with Gasteiger partial charge in [-0.05, 0) is 51.2 Å². The lowest BCUT2D eigenvalue weighted by Crippen LogP contribution is -2.38. The van der Waals surface area contributed by atoms with Crippen LogP contribution in [-0.4, -0.2) is 43.8 Å². The highest BCUT2D eigenvalue weighted by Crippen LogP contribution is 2.38. The Labute approximate surface area is 164 Å². The fraction of sp³-hybridized carbons (Fsp3) is 0.455. The minimum Gasteiger partial charge on any atom is -0.342 e. The molecule has 28 heavy (non-hydrogen) atoms. The molecule has 5 rings (SSSR count). The van der Waals surface area contributed by atoms with E-state index in [-0.39, 0.29) is 5.91 Å². The molecule has 0 spiro atoms. The van der Waals surface area contributed by atoms with E-state index in [0.29, 0.717) is 17.4 Å². The number of H-pyrrole nitrogens is 1. The van der Waals surface area contributed by atoms with Crippen molar-refractivity contribution in [3.63, 3.8) is 0 Å². The summed E-state index contributed by atoms with van der Waals surface area (Å²) in [6, 6.07) is 6.22. The lowest BCUT2D eigenvalue weighted by molar-refractivity contribution is 0.0709. The summed E-state index contributed by atoms with van der Waals surface area (Å²) in [4.78, 5) is 32.2. The first-order chi connectivity index (χ1) is 13.6. The van der Waals surface area contributed by atoms with Gasteiger partial charge in [0.2, 0.25) is 0 Å². The Balaban J connectivity index is 1.28. The third-order valence-corrected chi connectivity index (χ3v) is 6.07. The fourth-order valence-electron chi connectivity index (χ4n) is 4.15. The second-order valence-corrected chi connectivity index (χ2v) is 8.16. The summed E-state index contributed by atoms with van der Waals surface area (Å²) in [5, 5.41) is 0. The third-order valence-electron chi connectivity index (χ3n) is 6.07. The van der Waals surface area contributed by atoms with Gasteiger partial charge in [0.1, 0.15) is 11.6 Å². The van der Waals surface area contributed by atoms with Crippen molar-refractivity contribution in [1.29, 1.82) is 0 Å². The summed E-state index contributed by atoms with van der Waals surface area (Å²) in [5.74, 6) is 2.87. The van der Waals surface area contributed by atoms with E-state index < -0.39 is 0 Å². The number of aryl methyl sites for hydroxylation is 2. The van der Waals surface area contributed by atoms with Gasteiger partial charge in [-0.2, -0.15) is 0 Å². The lowest BCUT2D eigenvalue weighted by atomic mass is 9.95. The van der Waals surface area contributed by atoms with Gasteiger partial charge in [0.05, 0.1) is 22.3 Å². The molecule has 144 valence electrons. The van der Waals surface area contributed by atoms with Crippen LogP contribution < -0.4 is 0 Å². The van der Waals surface area contributed by atoms with Crippen LogP contribution in [0.5, 0.6) is 0 Å². The Morgan fingerprint density at radius 2 is 1.86 bits per heavy atom. The van der Waals surface area contributed by atoms with E-state index in [1.54, 1.807) is 6.20 Å². The number of carbonyl (C=O) groups excluding carboxylic acids is 1. The predicted octanol–water partition coefficient (Wildman–Crippen LogP) is 3.87. The van der Waals surface area contributed by atoms with Gasteiger partial charge in [-0.25, -0.2) is 15.0 Å². The van der Waals surface area contributed by atoms with Gasteiger partial charge >= 0.3 is 0 Å². The minimum atomic E-state index is 0.0544. The number of piperidine rings is 1. The summed E-state index contributed by atoms with van der Waals surface area (Å²) in [5.41, 5.74) is 4.79. The minimum absolute atomic E-state index is 0.0544. The average molecular weight is 375 g/mol. The van der Waals surface area contributed by atoms with E-state index >= 15 is 0 Å². The predicted molar refractivity (Wildman–Crippen MR) is 107 cm³/mol. The summed E-state index contributed by atoms with van der Waals surface area (Å²) in [6.45, 7) is 5.49. The number of fused-ring (bicyclic) bond motifs is 1. The maximum Gasteiger partial charge on any atom is 0.257 e. The Hall–Kier alpha value is -2.76. The van der Waals surface area contributed by atoms with E-state index in [2.05, 4.69) is 40.1 Å². The number of amides is 1. The van der Waals surface area contributed by atoms with E-state index in [9.17, 15) is 4.79 Å². The number of nitrogens with one attached hydrogen (secondary N) is 1. The SMILES string of the molecule is Cc1nc(C2CC2)ncc1C(=O)N1CCC(c2nc3c(C)cccc3[nH]2)CC1. The number of hydrogen-bond acceptors (Lipinski definition) is 4. The molecule has 2 aromatic heterocycles. The third kappa shape index (κ3) is 3.07. The molecular formula is C22H25N5O. The highest BCUT2D eigenvalue weighted by atomic mass is 16.2. The first-order valence-corrected chi connectivity index (χ1v) is 10.2. The van der Waals surface area contributed by atoms with Crippen LogP contribution in [0.2, 0.25) is 0 Å². The van der Waals surface area contributed by atoms with E-state index in [4.69, 9.17) is 4.98 Å². The highest BCUT2D eigenvalue weighted by molar-refractivity contribution is 5.95. The molecule has 0 bridgehead atoms. The van der Waals surface area contributed by atoms with Crippen LogP contribution in [0.15, 0.2) is 24.4 Å². The van der Waals surface area contributed by atoms with Crippen LogP contribution in [0.25, 0.3) is 11.0 Å². The van der Waals surface area contributed by atoms with E-state index in [1.165, 1.54) is 18.4 Å². The van der Waals surface area contributed by atoms with E-state index in [0.717, 1.165) is 54.3 Å². The smallest absolute Gasteiger partial charge is 0.257 e.